The third kappa shape index (κ3) is 3.59. The Morgan fingerprint density at radius 2 is 2.10 bits per heavy atom. The van der Waals surface area contributed by atoms with Crippen molar-refractivity contribution in [2.24, 2.45) is 5.73 Å². The molecule has 1 atom stereocenters. The van der Waals surface area contributed by atoms with Gasteiger partial charge < -0.3 is 10.5 Å². The normalized spacial score (nSPS) is 11.7. The van der Waals surface area contributed by atoms with E-state index in [-0.39, 0.29) is 6.61 Å². The van der Waals surface area contributed by atoms with Crippen LogP contribution in [0.15, 0.2) is 49.1 Å². The molecule has 0 fully saturated rings. The van der Waals surface area contributed by atoms with Crippen LogP contribution in [0.4, 0.5) is 4.79 Å². The molecule has 2 N–H and O–H groups in total. The highest BCUT2D eigenvalue weighted by molar-refractivity contribution is 5.90. The zero-order valence-corrected chi connectivity index (χ0v) is 11.5. The number of rotatable bonds is 5. The molecule has 2 amide bonds. The first-order valence-electron chi connectivity index (χ1n) is 6.37. The van der Waals surface area contributed by atoms with Crippen LogP contribution in [0.5, 0.6) is 0 Å². The monoisotopic (exact) mass is 288 g/mol. The lowest BCUT2D eigenvalue weighted by molar-refractivity contribution is -0.119. The van der Waals surface area contributed by atoms with E-state index in [9.17, 15) is 9.59 Å². The number of carbonyl (C=O) groups excluding carboxylic acids is 2. The molecule has 7 nitrogen and oxygen atoms in total. The molecule has 0 saturated carbocycles. The van der Waals surface area contributed by atoms with E-state index in [0.29, 0.717) is 0 Å². The summed E-state index contributed by atoms with van der Waals surface area (Å²) >= 11 is 0. The van der Waals surface area contributed by atoms with E-state index in [1.165, 1.54) is 30.3 Å². The number of amides is 2. The van der Waals surface area contributed by atoms with Gasteiger partial charge in [-0.05, 0) is 12.5 Å². The third-order valence-electron chi connectivity index (χ3n) is 2.91. The van der Waals surface area contributed by atoms with Crippen LogP contribution >= 0.6 is 0 Å². The molecular weight excluding hydrogens is 272 g/mol. The number of primary amides is 1. The lowest BCUT2D eigenvalue weighted by atomic mass is 10.2. The second-order valence-corrected chi connectivity index (χ2v) is 4.41. The minimum absolute atomic E-state index is 0.107. The number of hydrogen-bond acceptors (Lipinski definition) is 4. The van der Waals surface area contributed by atoms with Gasteiger partial charge in [0.1, 0.15) is 19.0 Å². The molecule has 2 rings (SSSR count). The Morgan fingerprint density at radius 3 is 2.67 bits per heavy atom. The van der Waals surface area contributed by atoms with Gasteiger partial charge in [-0.25, -0.2) is 19.5 Å². The molecule has 1 heterocycles. The minimum Gasteiger partial charge on any atom is -0.443 e. The van der Waals surface area contributed by atoms with Gasteiger partial charge in [-0.2, -0.15) is 0 Å². The molecule has 7 heteroatoms. The topological polar surface area (TPSA) is 90.5 Å². The first kappa shape index (κ1) is 14.6. The number of benzene rings is 1. The van der Waals surface area contributed by atoms with Gasteiger partial charge in [0.15, 0.2) is 0 Å². The van der Waals surface area contributed by atoms with E-state index < -0.39 is 18.0 Å². The summed E-state index contributed by atoms with van der Waals surface area (Å²) in [4.78, 5) is 27.4. The van der Waals surface area contributed by atoms with E-state index in [4.69, 9.17) is 10.5 Å². The van der Waals surface area contributed by atoms with Crippen molar-refractivity contribution in [1.82, 2.24) is 9.66 Å². The van der Waals surface area contributed by atoms with Crippen molar-refractivity contribution in [2.75, 3.05) is 5.01 Å². The zero-order chi connectivity index (χ0) is 15.2. The molecular formula is C14H16N4O3. The van der Waals surface area contributed by atoms with Gasteiger partial charge in [0.25, 0.3) is 0 Å². The van der Waals surface area contributed by atoms with Gasteiger partial charge in [-0.15, -0.1) is 0 Å². The van der Waals surface area contributed by atoms with Crippen molar-refractivity contribution in [3.8, 4) is 0 Å². The third-order valence-corrected chi connectivity index (χ3v) is 2.91. The fraction of sp³-hybridized carbons (Fsp3) is 0.214. The Morgan fingerprint density at radius 1 is 1.38 bits per heavy atom. The van der Waals surface area contributed by atoms with Gasteiger partial charge in [0, 0.05) is 12.4 Å². The van der Waals surface area contributed by atoms with Gasteiger partial charge in [-0.3, -0.25) is 4.79 Å². The van der Waals surface area contributed by atoms with Crippen LogP contribution < -0.4 is 10.7 Å². The summed E-state index contributed by atoms with van der Waals surface area (Å²) in [6, 6.07) is 8.39. The summed E-state index contributed by atoms with van der Waals surface area (Å²) in [5.74, 6) is -0.639. The van der Waals surface area contributed by atoms with E-state index >= 15 is 0 Å². The standard InChI is InChI=1S/C14H16N4O3/c1-11(13(15)19)18(17-8-7-16-10-17)14(20)21-9-12-5-3-2-4-6-12/h2-8,10-11H,9H2,1H3,(H2,15,19)/t11-/m0/s1. The van der Waals surface area contributed by atoms with Gasteiger partial charge in [0.2, 0.25) is 5.91 Å². The van der Waals surface area contributed by atoms with Crippen LogP contribution in [0, 0.1) is 0 Å². The maximum atomic E-state index is 12.2. The molecule has 2 aromatic rings. The number of nitrogens with zero attached hydrogens (tertiary/aromatic N) is 3. The summed E-state index contributed by atoms with van der Waals surface area (Å²) < 4.78 is 6.58. The van der Waals surface area contributed by atoms with Crippen molar-refractivity contribution in [3.05, 3.63) is 54.6 Å². The van der Waals surface area contributed by atoms with Crippen LogP contribution in [0.3, 0.4) is 0 Å². The molecule has 0 spiro atoms. The number of aromatic nitrogens is 2. The SMILES string of the molecule is C[C@@H](C(N)=O)N(C(=O)OCc1ccccc1)n1ccnc1. The molecule has 0 aliphatic heterocycles. The largest absolute Gasteiger partial charge is 0.443 e. The maximum absolute atomic E-state index is 12.2. The Balaban J connectivity index is 2.10. The van der Waals surface area contributed by atoms with Crippen LogP contribution in [0.25, 0.3) is 0 Å². The van der Waals surface area contributed by atoms with E-state index in [0.717, 1.165) is 10.6 Å². The number of imidazole rings is 1. The van der Waals surface area contributed by atoms with Crippen LogP contribution in [0.2, 0.25) is 0 Å². The van der Waals surface area contributed by atoms with E-state index in [2.05, 4.69) is 4.98 Å². The zero-order valence-electron chi connectivity index (χ0n) is 11.5. The number of nitrogens with two attached hydrogens (primary N) is 1. The lowest BCUT2D eigenvalue weighted by Crippen LogP contribution is -2.52. The maximum Gasteiger partial charge on any atom is 0.430 e. The van der Waals surface area contributed by atoms with E-state index in [1.54, 1.807) is 0 Å². The van der Waals surface area contributed by atoms with E-state index in [1.807, 2.05) is 30.3 Å². The molecule has 0 unspecified atom stereocenters. The summed E-state index contributed by atoms with van der Waals surface area (Å²) in [6.07, 6.45) is 3.74. The predicted octanol–water partition coefficient (Wildman–Crippen LogP) is 1.03. The van der Waals surface area contributed by atoms with Crippen LogP contribution in [-0.2, 0) is 16.1 Å². The van der Waals surface area contributed by atoms with Crippen molar-refractivity contribution in [2.45, 2.75) is 19.6 Å². The van der Waals surface area contributed by atoms with Crippen molar-refractivity contribution in [3.63, 3.8) is 0 Å². The van der Waals surface area contributed by atoms with Crippen LogP contribution in [0.1, 0.15) is 12.5 Å². The van der Waals surface area contributed by atoms with Gasteiger partial charge in [0.05, 0.1) is 0 Å². The highest BCUT2D eigenvalue weighted by atomic mass is 16.6. The second-order valence-electron chi connectivity index (χ2n) is 4.41. The molecule has 1 aromatic carbocycles. The average molecular weight is 288 g/mol. The molecule has 0 saturated heterocycles. The molecule has 110 valence electrons. The molecule has 1 aromatic heterocycles. The average Bonchev–Trinajstić information content (AvgIpc) is 3.00. The number of ether oxygens (including phenoxy) is 1. The van der Waals surface area contributed by atoms with Crippen molar-refractivity contribution >= 4 is 12.0 Å². The number of hydrogen-bond donors (Lipinski definition) is 1. The Kier molecular flexibility index (Phi) is 4.55. The summed E-state index contributed by atoms with van der Waals surface area (Å²) in [6.45, 7) is 1.63. The molecule has 21 heavy (non-hydrogen) atoms. The fourth-order valence-corrected chi connectivity index (χ4v) is 1.74. The van der Waals surface area contributed by atoms with Gasteiger partial charge >= 0.3 is 6.09 Å². The summed E-state index contributed by atoms with van der Waals surface area (Å²) in [7, 11) is 0. The van der Waals surface area contributed by atoms with Gasteiger partial charge in [-0.1, -0.05) is 30.3 Å². The molecule has 0 aliphatic rings. The predicted molar refractivity (Wildman–Crippen MR) is 75.7 cm³/mol. The minimum atomic E-state index is -0.859. The highest BCUT2D eigenvalue weighted by Gasteiger charge is 2.27. The first-order chi connectivity index (χ1) is 10.1. The Hall–Kier alpha value is -2.83. The lowest BCUT2D eigenvalue weighted by Gasteiger charge is -2.26. The highest BCUT2D eigenvalue weighted by Crippen LogP contribution is 2.06. The Bertz CT molecular complexity index is 598. The first-order valence-corrected chi connectivity index (χ1v) is 6.37. The fourth-order valence-electron chi connectivity index (χ4n) is 1.74. The molecule has 0 bridgehead atoms. The Labute approximate surface area is 121 Å². The molecule has 0 radical (unpaired) electrons. The van der Waals surface area contributed by atoms with Crippen molar-refractivity contribution < 1.29 is 14.3 Å². The van der Waals surface area contributed by atoms with Crippen molar-refractivity contribution in [1.29, 1.82) is 0 Å². The smallest absolute Gasteiger partial charge is 0.430 e. The summed E-state index contributed by atoms with van der Waals surface area (Å²) in [5, 5.41) is 1.11. The quantitative estimate of drug-likeness (QED) is 0.889. The summed E-state index contributed by atoms with van der Waals surface area (Å²) in [5.41, 5.74) is 6.12. The molecule has 0 aliphatic carbocycles. The number of carbonyl (C=O) groups is 2. The second kappa shape index (κ2) is 6.56. The van der Waals surface area contributed by atoms with Crippen LogP contribution in [-0.4, -0.2) is 27.7 Å².